The van der Waals surface area contributed by atoms with E-state index in [4.69, 9.17) is 0 Å². The first-order chi connectivity index (χ1) is 11.2. The van der Waals surface area contributed by atoms with Gasteiger partial charge in [-0.05, 0) is 30.7 Å². The van der Waals surface area contributed by atoms with Crippen molar-refractivity contribution in [2.24, 2.45) is 5.92 Å². The third-order valence-electron chi connectivity index (χ3n) is 3.49. The second kappa shape index (κ2) is 9.81. The minimum atomic E-state index is -0.583. The normalized spacial score (nSPS) is 13.5. The lowest BCUT2D eigenvalue weighted by Crippen LogP contribution is -2.28. The number of aliphatic hydroxyl groups is 1. The van der Waals surface area contributed by atoms with Crippen molar-refractivity contribution >= 4 is 28.6 Å². The summed E-state index contributed by atoms with van der Waals surface area (Å²) in [5.74, 6) is 0.245. The molecular formula is C19H22O2S2. The quantitative estimate of drug-likeness (QED) is 0.692. The van der Waals surface area contributed by atoms with Gasteiger partial charge in [0.25, 0.3) is 0 Å². The Labute approximate surface area is 146 Å². The van der Waals surface area contributed by atoms with Crippen molar-refractivity contribution in [2.45, 2.75) is 35.7 Å². The predicted molar refractivity (Wildman–Crippen MR) is 98.9 cm³/mol. The number of hydrogen-bond acceptors (Lipinski definition) is 4. The monoisotopic (exact) mass is 346 g/mol. The molecule has 0 amide bonds. The van der Waals surface area contributed by atoms with Crippen LogP contribution in [0.25, 0.3) is 0 Å². The number of benzene rings is 2. The summed E-state index contributed by atoms with van der Waals surface area (Å²) in [6, 6.07) is 19.6. The number of carbonyl (C=O) groups excluding carboxylic acids is 1. The molecule has 0 bridgehead atoms. The van der Waals surface area contributed by atoms with Crippen LogP contribution in [0.2, 0.25) is 0 Å². The van der Waals surface area contributed by atoms with Crippen LogP contribution in [0.3, 0.4) is 0 Å². The maximum Gasteiger partial charge on any atom is 0.200 e. The van der Waals surface area contributed by atoms with Crippen LogP contribution in [-0.4, -0.2) is 22.1 Å². The zero-order valence-corrected chi connectivity index (χ0v) is 14.9. The summed E-state index contributed by atoms with van der Waals surface area (Å²) < 4.78 is 0. The second-order valence-corrected chi connectivity index (χ2v) is 7.49. The van der Waals surface area contributed by atoms with E-state index in [-0.39, 0.29) is 11.0 Å². The van der Waals surface area contributed by atoms with Gasteiger partial charge in [0, 0.05) is 15.5 Å². The molecule has 0 aliphatic heterocycles. The molecule has 23 heavy (non-hydrogen) atoms. The highest BCUT2D eigenvalue weighted by Gasteiger charge is 2.27. The van der Waals surface area contributed by atoms with Gasteiger partial charge < -0.3 is 5.11 Å². The Morgan fingerprint density at radius 1 is 1.00 bits per heavy atom. The van der Waals surface area contributed by atoms with Gasteiger partial charge in [-0.15, -0.1) is 11.8 Å². The van der Waals surface area contributed by atoms with Crippen molar-refractivity contribution in [1.82, 2.24) is 0 Å². The Morgan fingerprint density at radius 3 is 2.13 bits per heavy atom. The van der Waals surface area contributed by atoms with E-state index in [9.17, 15) is 9.90 Å². The van der Waals surface area contributed by atoms with Gasteiger partial charge in [-0.25, -0.2) is 0 Å². The van der Waals surface area contributed by atoms with Crippen LogP contribution in [0.5, 0.6) is 0 Å². The molecule has 2 nitrogen and oxygen atoms in total. The molecule has 0 aliphatic carbocycles. The Bertz CT molecular complexity index is 587. The van der Waals surface area contributed by atoms with Gasteiger partial charge in [-0.1, -0.05) is 61.5 Å². The number of rotatable bonds is 8. The molecule has 0 radical (unpaired) electrons. The van der Waals surface area contributed by atoms with Crippen molar-refractivity contribution in [3.63, 3.8) is 0 Å². The first kappa shape index (κ1) is 18.1. The van der Waals surface area contributed by atoms with E-state index in [1.807, 2.05) is 67.6 Å². The Kier molecular flexibility index (Phi) is 7.72. The molecule has 4 heteroatoms. The zero-order chi connectivity index (χ0) is 16.5. The molecular weight excluding hydrogens is 324 g/mol. The molecule has 122 valence electrons. The van der Waals surface area contributed by atoms with E-state index in [1.165, 1.54) is 11.8 Å². The molecule has 2 atom stereocenters. The standard InChI is InChI=1S/C19H22O2S2/c1-2-9-18(20)17(14-22-15-10-5-3-6-11-15)19(21)23-16-12-7-4-8-13-16/h3-8,10-13,17-18,20H,2,9,14H2,1H3. The summed E-state index contributed by atoms with van der Waals surface area (Å²) in [4.78, 5) is 14.7. The molecule has 2 unspecified atom stereocenters. The maximum atomic E-state index is 12.6. The van der Waals surface area contributed by atoms with E-state index >= 15 is 0 Å². The molecule has 0 saturated heterocycles. The molecule has 0 saturated carbocycles. The van der Waals surface area contributed by atoms with Crippen LogP contribution in [0, 0.1) is 5.92 Å². The predicted octanol–water partition coefficient (Wildman–Crippen LogP) is 4.87. The van der Waals surface area contributed by atoms with Gasteiger partial charge in [-0.3, -0.25) is 4.79 Å². The van der Waals surface area contributed by atoms with Crippen LogP contribution >= 0.6 is 23.5 Å². The third kappa shape index (κ3) is 6.05. The lowest BCUT2D eigenvalue weighted by Gasteiger charge is -2.20. The van der Waals surface area contributed by atoms with Crippen molar-refractivity contribution in [2.75, 3.05) is 5.75 Å². The topological polar surface area (TPSA) is 37.3 Å². The van der Waals surface area contributed by atoms with Gasteiger partial charge in [0.15, 0.2) is 5.12 Å². The molecule has 0 spiro atoms. The molecule has 0 heterocycles. The summed E-state index contributed by atoms with van der Waals surface area (Å²) in [6.45, 7) is 2.03. The summed E-state index contributed by atoms with van der Waals surface area (Å²) in [7, 11) is 0. The third-order valence-corrected chi connectivity index (χ3v) is 5.63. The van der Waals surface area contributed by atoms with Crippen LogP contribution in [-0.2, 0) is 4.79 Å². The van der Waals surface area contributed by atoms with E-state index < -0.39 is 6.10 Å². The van der Waals surface area contributed by atoms with Gasteiger partial charge in [0.2, 0.25) is 0 Å². The van der Waals surface area contributed by atoms with Crippen LogP contribution < -0.4 is 0 Å². The first-order valence-corrected chi connectivity index (χ1v) is 9.63. The van der Waals surface area contributed by atoms with Crippen LogP contribution in [0.15, 0.2) is 70.5 Å². The molecule has 2 aromatic rings. The number of hydrogen-bond donors (Lipinski definition) is 1. The fourth-order valence-electron chi connectivity index (χ4n) is 2.22. The highest BCUT2D eigenvalue weighted by atomic mass is 32.2. The minimum Gasteiger partial charge on any atom is -0.392 e. The van der Waals surface area contributed by atoms with Crippen molar-refractivity contribution in [3.05, 3.63) is 60.7 Å². The van der Waals surface area contributed by atoms with Crippen LogP contribution in [0.4, 0.5) is 0 Å². The van der Waals surface area contributed by atoms with Crippen molar-refractivity contribution in [3.8, 4) is 0 Å². The van der Waals surface area contributed by atoms with Gasteiger partial charge >= 0.3 is 0 Å². The average molecular weight is 347 g/mol. The van der Waals surface area contributed by atoms with E-state index in [0.717, 1.165) is 16.2 Å². The second-order valence-electron chi connectivity index (χ2n) is 5.32. The van der Waals surface area contributed by atoms with Crippen LogP contribution in [0.1, 0.15) is 19.8 Å². The van der Waals surface area contributed by atoms with Crippen molar-refractivity contribution in [1.29, 1.82) is 0 Å². The SMILES string of the molecule is CCCC(O)C(CSc1ccccc1)C(=O)Sc1ccccc1. The number of carbonyl (C=O) groups is 1. The Hall–Kier alpha value is -1.23. The lowest BCUT2D eigenvalue weighted by molar-refractivity contribution is -0.116. The summed E-state index contributed by atoms with van der Waals surface area (Å²) >= 11 is 2.86. The zero-order valence-electron chi connectivity index (χ0n) is 13.2. The first-order valence-electron chi connectivity index (χ1n) is 7.83. The number of aliphatic hydroxyl groups excluding tert-OH is 1. The molecule has 0 aliphatic rings. The van der Waals surface area contributed by atoms with E-state index in [1.54, 1.807) is 11.8 Å². The number of thioether (sulfide) groups is 2. The summed E-state index contributed by atoms with van der Waals surface area (Å²) in [5.41, 5.74) is 0. The maximum absolute atomic E-state index is 12.6. The molecule has 0 aromatic heterocycles. The Morgan fingerprint density at radius 2 is 1.57 bits per heavy atom. The van der Waals surface area contributed by atoms with E-state index in [2.05, 4.69) is 0 Å². The highest BCUT2D eigenvalue weighted by molar-refractivity contribution is 8.13. The average Bonchev–Trinajstić information content (AvgIpc) is 2.57. The molecule has 1 N–H and O–H groups in total. The van der Waals surface area contributed by atoms with Crippen molar-refractivity contribution < 1.29 is 9.90 Å². The smallest absolute Gasteiger partial charge is 0.200 e. The summed E-state index contributed by atoms with van der Waals surface area (Å²) in [6.07, 6.45) is 0.942. The molecule has 2 aromatic carbocycles. The highest BCUT2D eigenvalue weighted by Crippen LogP contribution is 2.29. The molecule has 2 rings (SSSR count). The largest absolute Gasteiger partial charge is 0.392 e. The minimum absolute atomic E-state index is 0.0422. The van der Waals surface area contributed by atoms with Gasteiger partial charge in [0.1, 0.15) is 0 Å². The summed E-state index contributed by atoms with van der Waals surface area (Å²) in [5, 5.41) is 10.4. The fraction of sp³-hybridized carbons (Fsp3) is 0.316. The lowest BCUT2D eigenvalue weighted by atomic mass is 10.0. The molecule has 0 fully saturated rings. The fourth-order valence-corrected chi connectivity index (χ4v) is 4.33. The van der Waals surface area contributed by atoms with E-state index in [0.29, 0.717) is 12.2 Å². The van der Waals surface area contributed by atoms with Gasteiger partial charge in [0.05, 0.1) is 12.0 Å². The Balaban J connectivity index is 2.02. The van der Waals surface area contributed by atoms with Gasteiger partial charge in [-0.2, -0.15) is 0 Å².